The van der Waals surface area contributed by atoms with Crippen molar-refractivity contribution < 1.29 is 5.11 Å². The molecule has 0 bridgehead atoms. The van der Waals surface area contributed by atoms with Crippen LogP contribution in [-0.4, -0.2) is 72.9 Å². The smallest absolute Gasteiger partial charge is 0.0613 e. The standard InChI is InChI=1S/C16H33N3O/c1-5-8-17-16(12-20)7-6-14(9-16)19-10-13(2)15(11-19)18(3)4/h13-15,17,20H,5-12H2,1-4H3. The molecule has 20 heavy (non-hydrogen) atoms. The van der Waals surface area contributed by atoms with Gasteiger partial charge in [0.15, 0.2) is 0 Å². The van der Waals surface area contributed by atoms with Crippen molar-refractivity contribution in [2.45, 2.75) is 57.2 Å². The highest BCUT2D eigenvalue weighted by Crippen LogP contribution is 2.35. The number of nitrogens with zero attached hydrogens (tertiary/aromatic N) is 2. The van der Waals surface area contributed by atoms with Crippen molar-refractivity contribution in [3.63, 3.8) is 0 Å². The summed E-state index contributed by atoms with van der Waals surface area (Å²) in [6.07, 6.45) is 4.59. The Kier molecular flexibility index (Phi) is 5.46. The van der Waals surface area contributed by atoms with Crippen molar-refractivity contribution in [3.8, 4) is 0 Å². The molecular formula is C16H33N3O. The Bertz CT molecular complexity index is 310. The summed E-state index contributed by atoms with van der Waals surface area (Å²) >= 11 is 0. The van der Waals surface area contributed by atoms with Gasteiger partial charge in [-0.2, -0.15) is 0 Å². The van der Waals surface area contributed by atoms with Crippen LogP contribution < -0.4 is 5.32 Å². The molecule has 118 valence electrons. The fourth-order valence-corrected chi connectivity index (χ4v) is 4.12. The highest BCUT2D eigenvalue weighted by molar-refractivity contribution is 5.02. The fourth-order valence-electron chi connectivity index (χ4n) is 4.12. The van der Waals surface area contributed by atoms with E-state index in [1.54, 1.807) is 0 Å². The first kappa shape index (κ1) is 16.2. The van der Waals surface area contributed by atoms with Gasteiger partial charge in [-0.05, 0) is 52.2 Å². The van der Waals surface area contributed by atoms with Gasteiger partial charge in [-0.25, -0.2) is 0 Å². The molecule has 2 N–H and O–H groups in total. The summed E-state index contributed by atoms with van der Waals surface area (Å²) in [5, 5.41) is 13.4. The van der Waals surface area contributed by atoms with Gasteiger partial charge in [-0.1, -0.05) is 13.8 Å². The Morgan fingerprint density at radius 3 is 2.65 bits per heavy atom. The Balaban J connectivity index is 1.92. The zero-order valence-corrected chi connectivity index (χ0v) is 13.7. The molecule has 0 spiro atoms. The van der Waals surface area contributed by atoms with Gasteiger partial charge in [0.2, 0.25) is 0 Å². The first-order valence-electron chi connectivity index (χ1n) is 8.27. The lowest BCUT2D eigenvalue weighted by atomic mass is 9.98. The van der Waals surface area contributed by atoms with Crippen LogP contribution in [0.2, 0.25) is 0 Å². The van der Waals surface area contributed by atoms with Crippen molar-refractivity contribution in [2.75, 3.05) is 40.3 Å². The first-order chi connectivity index (χ1) is 9.51. The third kappa shape index (κ3) is 3.35. The lowest BCUT2D eigenvalue weighted by molar-refractivity contribution is 0.148. The number of aliphatic hydroxyl groups excluding tert-OH is 1. The topological polar surface area (TPSA) is 38.7 Å². The van der Waals surface area contributed by atoms with Crippen molar-refractivity contribution >= 4 is 0 Å². The molecule has 2 rings (SSSR count). The number of aliphatic hydroxyl groups is 1. The first-order valence-corrected chi connectivity index (χ1v) is 8.27. The molecule has 4 unspecified atom stereocenters. The molecule has 0 amide bonds. The van der Waals surface area contributed by atoms with E-state index in [-0.39, 0.29) is 12.1 Å². The predicted octanol–water partition coefficient (Wildman–Crippen LogP) is 1.15. The molecule has 2 aliphatic rings. The minimum atomic E-state index is -0.0138. The van der Waals surface area contributed by atoms with E-state index in [1.807, 2.05) is 0 Å². The zero-order valence-electron chi connectivity index (χ0n) is 13.7. The summed E-state index contributed by atoms with van der Waals surface area (Å²) < 4.78 is 0. The van der Waals surface area contributed by atoms with E-state index in [9.17, 15) is 5.11 Å². The van der Waals surface area contributed by atoms with E-state index < -0.39 is 0 Å². The SMILES string of the molecule is CCCNC1(CO)CCC(N2CC(C)C(N(C)C)C2)C1. The van der Waals surface area contributed by atoms with Crippen LogP contribution in [0.4, 0.5) is 0 Å². The van der Waals surface area contributed by atoms with Crippen LogP contribution in [0.15, 0.2) is 0 Å². The molecular weight excluding hydrogens is 250 g/mol. The monoisotopic (exact) mass is 283 g/mol. The Hall–Kier alpha value is -0.160. The molecule has 4 atom stereocenters. The third-order valence-electron chi connectivity index (χ3n) is 5.42. The number of nitrogens with one attached hydrogen (secondary N) is 1. The molecule has 4 nitrogen and oxygen atoms in total. The number of hydrogen-bond acceptors (Lipinski definition) is 4. The van der Waals surface area contributed by atoms with E-state index >= 15 is 0 Å². The van der Waals surface area contributed by atoms with Crippen LogP contribution in [0.25, 0.3) is 0 Å². The average molecular weight is 283 g/mol. The molecule has 1 saturated heterocycles. The Morgan fingerprint density at radius 1 is 1.35 bits per heavy atom. The second-order valence-corrected chi connectivity index (χ2v) is 7.22. The van der Waals surface area contributed by atoms with Crippen LogP contribution in [0.1, 0.15) is 39.5 Å². The summed E-state index contributed by atoms with van der Waals surface area (Å²) in [5.41, 5.74) is -0.0138. The van der Waals surface area contributed by atoms with Gasteiger partial charge in [0.25, 0.3) is 0 Å². The molecule has 0 aromatic rings. The Morgan fingerprint density at radius 2 is 2.10 bits per heavy atom. The maximum absolute atomic E-state index is 9.81. The van der Waals surface area contributed by atoms with E-state index in [4.69, 9.17) is 0 Å². The van der Waals surface area contributed by atoms with Gasteiger partial charge in [0, 0.05) is 30.7 Å². The number of likely N-dealkylation sites (tertiary alicyclic amines) is 1. The molecule has 1 aliphatic heterocycles. The van der Waals surface area contributed by atoms with Crippen LogP contribution in [0.5, 0.6) is 0 Å². The lowest BCUT2D eigenvalue weighted by Crippen LogP contribution is -2.48. The Labute approximate surface area is 124 Å². The summed E-state index contributed by atoms with van der Waals surface area (Å²) in [6, 6.07) is 1.33. The van der Waals surface area contributed by atoms with Crippen molar-refractivity contribution in [2.24, 2.45) is 5.92 Å². The quantitative estimate of drug-likeness (QED) is 0.767. The molecule has 4 heteroatoms. The van der Waals surface area contributed by atoms with Gasteiger partial charge in [-0.15, -0.1) is 0 Å². The fraction of sp³-hybridized carbons (Fsp3) is 1.00. The molecule has 1 saturated carbocycles. The van der Waals surface area contributed by atoms with Crippen molar-refractivity contribution in [1.29, 1.82) is 0 Å². The average Bonchev–Trinajstić information content (AvgIpc) is 3.01. The van der Waals surface area contributed by atoms with E-state index in [0.717, 1.165) is 31.7 Å². The van der Waals surface area contributed by atoms with Crippen molar-refractivity contribution in [3.05, 3.63) is 0 Å². The van der Waals surface area contributed by atoms with Crippen LogP contribution in [-0.2, 0) is 0 Å². The van der Waals surface area contributed by atoms with E-state index in [0.29, 0.717) is 12.1 Å². The van der Waals surface area contributed by atoms with Gasteiger partial charge < -0.3 is 15.3 Å². The zero-order chi connectivity index (χ0) is 14.8. The molecule has 1 aliphatic carbocycles. The largest absolute Gasteiger partial charge is 0.394 e. The van der Waals surface area contributed by atoms with Gasteiger partial charge >= 0.3 is 0 Å². The third-order valence-corrected chi connectivity index (χ3v) is 5.42. The highest BCUT2D eigenvalue weighted by Gasteiger charge is 2.43. The van der Waals surface area contributed by atoms with Crippen molar-refractivity contribution in [1.82, 2.24) is 15.1 Å². The summed E-state index contributed by atoms with van der Waals surface area (Å²) in [4.78, 5) is 5.04. The summed E-state index contributed by atoms with van der Waals surface area (Å²) in [7, 11) is 4.39. The van der Waals surface area contributed by atoms with E-state index in [1.165, 1.54) is 19.5 Å². The molecule has 2 fully saturated rings. The van der Waals surface area contributed by atoms with Crippen LogP contribution in [0, 0.1) is 5.92 Å². The van der Waals surface area contributed by atoms with Crippen LogP contribution >= 0.6 is 0 Å². The lowest BCUT2D eigenvalue weighted by Gasteiger charge is -2.31. The molecule has 0 radical (unpaired) electrons. The summed E-state index contributed by atoms with van der Waals surface area (Å²) in [5.74, 6) is 0.748. The molecule has 1 heterocycles. The van der Waals surface area contributed by atoms with Gasteiger partial charge in [0.05, 0.1) is 6.61 Å². The second kappa shape index (κ2) is 6.73. The highest BCUT2D eigenvalue weighted by atomic mass is 16.3. The van der Waals surface area contributed by atoms with Crippen LogP contribution in [0.3, 0.4) is 0 Å². The maximum atomic E-state index is 9.81. The maximum Gasteiger partial charge on any atom is 0.0613 e. The number of likely N-dealkylation sites (N-methyl/N-ethyl adjacent to an activating group) is 1. The van der Waals surface area contributed by atoms with E-state index in [2.05, 4.69) is 43.1 Å². The van der Waals surface area contributed by atoms with Gasteiger partial charge in [0.1, 0.15) is 0 Å². The summed E-state index contributed by atoms with van der Waals surface area (Å²) in [6.45, 7) is 8.26. The molecule has 0 aromatic heterocycles. The normalized spacial score (nSPS) is 39.0. The minimum Gasteiger partial charge on any atom is -0.394 e. The number of rotatable bonds is 6. The molecule has 0 aromatic carbocycles. The second-order valence-electron chi connectivity index (χ2n) is 7.22. The predicted molar refractivity (Wildman–Crippen MR) is 84.0 cm³/mol. The van der Waals surface area contributed by atoms with Gasteiger partial charge in [-0.3, -0.25) is 4.90 Å². The minimum absolute atomic E-state index is 0.0138. The number of hydrogen-bond donors (Lipinski definition) is 2.